The number of amides is 1. The number of hydrogen-bond acceptors (Lipinski definition) is 5. The second-order valence-electron chi connectivity index (χ2n) is 8.21. The Labute approximate surface area is 183 Å². The zero-order valence-electron chi connectivity index (χ0n) is 18.2. The Hall–Kier alpha value is -3.12. The first-order chi connectivity index (χ1) is 15.0. The molecule has 1 aromatic heterocycles. The molecular weight excluding hydrogens is 388 g/mol. The number of nitrogen functional groups attached to an aromatic ring is 1. The predicted molar refractivity (Wildman–Crippen MR) is 125 cm³/mol. The van der Waals surface area contributed by atoms with Crippen LogP contribution in [0.15, 0.2) is 48.5 Å². The van der Waals surface area contributed by atoms with E-state index < -0.39 is 0 Å². The number of carbonyl (C=O) groups is 1. The topological polar surface area (TPSA) is 80.5 Å². The van der Waals surface area contributed by atoms with E-state index in [-0.39, 0.29) is 5.91 Å². The lowest BCUT2D eigenvalue weighted by Crippen LogP contribution is -2.37. The second kappa shape index (κ2) is 9.35. The van der Waals surface area contributed by atoms with Crippen molar-refractivity contribution in [2.75, 3.05) is 39.0 Å². The molecule has 0 bridgehead atoms. The number of nitrogens with zero attached hydrogens (tertiary/aromatic N) is 2. The average Bonchev–Trinajstić information content (AvgIpc) is 2.80. The number of hydrogen-bond donors (Lipinski definition) is 2. The fraction of sp³-hybridized carbons (Fsp3) is 0.360. The Bertz CT molecular complexity index is 1070. The lowest BCUT2D eigenvalue weighted by molar-refractivity contribution is 0.0934. The molecule has 2 heterocycles. The lowest BCUT2D eigenvalue weighted by atomic mass is 9.97. The normalized spacial score (nSPS) is 15.2. The maximum absolute atomic E-state index is 12.7. The van der Waals surface area contributed by atoms with Crippen molar-refractivity contribution >= 4 is 22.4 Å². The summed E-state index contributed by atoms with van der Waals surface area (Å²) in [5.41, 5.74) is 9.05. The molecular formula is C25H30N4O2. The molecule has 1 aliphatic rings. The van der Waals surface area contributed by atoms with Crippen LogP contribution in [0.25, 0.3) is 22.0 Å². The van der Waals surface area contributed by atoms with Crippen molar-refractivity contribution in [2.45, 2.75) is 19.8 Å². The standard InChI is InChI=1S/C25H30N4O2/c1-3-31-23-10-9-18-7-8-19(15-20(18)24(23)26)21-5-4-6-22(28-21)25(30)27-16-17-11-13-29(2)14-12-17/h4-10,15,17H,3,11-14,16,26H2,1-2H3,(H,27,30). The second-order valence-corrected chi connectivity index (χ2v) is 8.21. The molecule has 6 heteroatoms. The van der Waals surface area contributed by atoms with E-state index in [0.717, 1.165) is 48.0 Å². The van der Waals surface area contributed by atoms with Crippen LogP contribution >= 0.6 is 0 Å². The molecule has 6 nitrogen and oxygen atoms in total. The number of ether oxygens (including phenoxy) is 1. The monoisotopic (exact) mass is 418 g/mol. The SMILES string of the molecule is CCOc1ccc2ccc(-c3cccc(C(=O)NCC4CCN(C)CC4)n3)cc2c1N. The summed E-state index contributed by atoms with van der Waals surface area (Å²) in [7, 11) is 2.14. The number of nitrogens with one attached hydrogen (secondary N) is 1. The fourth-order valence-electron chi connectivity index (χ4n) is 4.08. The Kier molecular flexibility index (Phi) is 6.37. The molecule has 1 fully saturated rings. The van der Waals surface area contributed by atoms with Crippen LogP contribution < -0.4 is 15.8 Å². The zero-order valence-corrected chi connectivity index (χ0v) is 18.2. The molecule has 4 rings (SSSR count). The first-order valence-electron chi connectivity index (χ1n) is 10.9. The van der Waals surface area contributed by atoms with Crippen LogP contribution in [0.5, 0.6) is 5.75 Å². The van der Waals surface area contributed by atoms with Gasteiger partial charge in [-0.25, -0.2) is 4.98 Å². The molecule has 1 amide bonds. The lowest BCUT2D eigenvalue weighted by Gasteiger charge is -2.28. The van der Waals surface area contributed by atoms with E-state index in [1.807, 2.05) is 49.4 Å². The van der Waals surface area contributed by atoms with Crippen molar-refractivity contribution in [3.8, 4) is 17.0 Å². The van der Waals surface area contributed by atoms with Crippen molar-refractivity contribution in [1.29, 1.82) is 0 Å². The fourth-order valence-corrected chi connectivity index (χ4v) is 4.08. The molecule has 0 saturated carbocycles. The van der Waals surface area contributed by atoms with Crippen LogP contribution in [0.1, 0.15) is 30.3 Å². The summed E-state index contributed by atoms with van der Waals surface area (Å²) < 4.78 is 5.63. The van der Waals surface area contributed by atoms with Gasteiger partial charge in [0.25, 0.3) is 5.91 Å². The molecule has 1 aliphatic heterocycles. The molecule has 3 N–H and O–H groups in total. The van der Waals surface area contributed by atoms with Crippen molar-refractivity contribution in [3.05, 3.63) is 54.2 Å². The summed E-state index contributed by atoms with van der Waals surface area (Å²) in [6.45, 7) is 5.37. The highest BCUT2D eigenvalue weighted by atomic mass is 16.5. The van der Waals surface area contributed by atoms with E-state index in [0.29, 0.717) is 36.2 Å². The highest BCUT2D eigenvalue weighted by Gasteiger charge is 2.18. The largest absolute Gasteiger partial charge is 0.492 e. The maximum Gasteiger partial charge on any atom is 0.269 e. The third kappa shape index (κ3) is 4.80. The Morgan fingerprint density at radius 3 is 2.74 bits per heavy atom. The first kappa shape index (κ1) is 21.1. The van der Waals surface area contributed by atoms with Crippen LogP contribution in [0.2, 0.25) is 0 Å². The van der Waals surface area contributed by atoms with Crippen molar-refractivity contribution in [2.24, 2.45) is 5.92 Å². The van der Waals surface area contributed by atoms with Crippen LogP contribution in [-0.2, 0) is 0 Å². The first-order valence-corrected chi connectivity index (χ1v) is 10.9. The number of carbonyl (C=O) groups excluding carboxylic acids is 1. The van der Waals surface area contributed by atoms with Gasteiger partial charge in [0.1, 0.15) is 11.4 Å². The van der Waals surface area contributed by atoms with Gasteiger partial charge in [0.2, 0.25) is 0 Å². The van der Waals surface area contributed by atoms with E-state index in [1.165, 1.54) is 0 Å². The van der Waals surface area contributed by atoms with Crippen molar-refractivity contribution in [3.63, 3.8) is 0 Å². The van der Waals surface area contributed by atoms with Gasteiger partial charge in [-0.15, -0.1) is 0 Å². The summed E-state index contributed by atoms with van der Waals surface area (Å²) in [5, 5.41) is 5.02. The molecule has 3 aromatic rings. The summed E-state index contributed by atoms with van der Waals surface area (Å²) in [6, 6.07) is 15.5. The number of rotatable bonds is 6. The maximum atomic E-state index is 12.7. The van der Waals surface area contributed by atoms with Gasteiger partial charge in [0, 0.05) is 17.5 Å². The third-order valence-corrected chi connectivity index (χ3v) is 5.99. The molecule has 0 radical (unpaired) electrons. The minimum atomic E-state index is -0.125. The van der Waals surface area contributed by atoms with Gasteiger partial charge in [-0.2, -0.15) is 0 Å². The van der Waals surface area contributed by atoms with Gasteiger partial charge in [-0.1, -0.05) is 24.3 Å². The van der Waals surface area contributed by atoms with Crippen LogP contribution in [0.3, 0.4) is 0 Å². The molecule has 31 heavy (non-hydrogen) atoms. The van der Waals surface area contributed by atoms with E-state index in [9.17, 15) is 4.79 Å². The molecule has 0 aliphatic carbocycles. The van der Waals surface area contributed by atoms with E-state index in [1.54, 1.807) is 6.07 Å². The van der Waals surface area contributed by atoms with Gasteiger partial charge in [-0.05, 0) is 75.5 Å². The van der Waals surface area contributed by atoms with Crippen LogP contribution in [0, 0.1) is 5.92 Å². The number of aromatic nitrogens is 1. The van der Waals surface area contributed by atoms with Crippen LogP contribution in [0.4, 0.5) is 5.69 Å². The summed E-state index contributed by atoms with van der Waals surface area (Å²) in [6.07, 6.45) is 2.24. The van der Waals surface area contributed by atoms with Crippen molar-refractivity contribution < 1.29 is 9.53 Å². The molecule has 0 atom stereocenters. The molecule has 0 spiro atoms. The molecule has 0 unspecified atom stereocenters. The minimum absolute atomic E-state index is 0.125. The molecule has 1 saturated heterocycles. The summed E-state index contributed by atoms with van der Waals surface area (Å²) in [5.74, 6) is 1.09. The Balaban J connectivity index is 1.52. The number of anilines is 1. The highest BCUT2D eigenvalue weighted by molar-refractivity contribution is 5.98. The van der Waals surface area contributed by atoms with Gasteiger partial charge >= 0.3 is 0 Å². The third-order valence-electron chi connectivity index (χ3n) is 5.99. The van der Waals surface area contributed by atoms with Crippen LogP contribution in [-0.4, -0.2) is 49.1 Å². The number of benzene rings is 2. The Morgan fingerprint density at radius 2 is 1.97 bits per heavy atom. The number of nitrogens with two attached hydrogens (primary N) is 1. The Morgan fingerprint density at radius 1 is 1.19 bits per heavy atom. The number of fused-ring (bicyclic) bond motifs is 1. The van der Waals surface area contributed by atoms with Gasteiger partial charge < -0.3 is 20.7 Å². The summed E-state index contributed by atoms with van der Waals surface area (Å²) in [4.78, 5) is 19.6. The molecule has 2 aromatic carbocycles. The number of likely N-dealkylation sites (tertiary alicyclic amines) is 1. The smallest absolute Gasteiger partial charge is 0.269 e. The molecule has 162 valence electrons. The zero-order chi connectivity index (χ0) is 21.8. The van der Waals surface area contributed by atoms with Crippen molar-refractivity contribution in [1.82, 2.24) is 15.2 Å². The highest BCUT2D eigenvalue weighted by Crippen LogP contribution is 2.33. The average molecular weight is 419 g/mol. The van der Waals surface area contributed by atoms with E-state index in [2.05, 4.69) is 22.2 Å². The minimum Gasteiger partial charge on any atom is -0.492 e. The number of pyridine rings is 1. The van der Waals surface area contributed by atoms with Gasteiger partial charge in [0.15, 0.2) is 0 Å². The van der Waals surface area contributed by atoms with Gasteiger partial charge in [-0.3, -0.25) is 4.79 Å². The quantitative estimate of drug-likeness (QED) is 0.593. The number of piperidine rings is 1. The van der Waals surface area contributed by atoms with E-state index >= 15 is 0 Å². The predicted octanol–water partition coefficient (Wildman–Crippen LogP) is 3.95. The van der Waals surface area contributed by atoms with E-state index in [4.69, 9.17) is 10.5 Å². The summed E-state index contributed by atoms with van der Waals surface area (Å²) >= 11 is 0. The van der Waals surface area contributed by atoms with Gasteiger partial charge in [0.05, 0.1) is 18.0 Å².